The molecule has 0 aromatic heterocycles. The average molecular weight is 313 g/mol. The second-order valence-corrected chi connectivity index (χ2v) is 5.76. The zero-order valence-electron chi connectivity index (χ0n) is 10.4. The topological polar surface area (TPSA) is 55.2 Å². The summed E-state index contributed by atoms with van der Waals surface area (Å²) in [5, 5.41) is 14.2. The van der Waals surface area contributed by atoms with Crippen molar-refractivity contribution in [3.63, 3.8) is 0 Å². The molecule has 5 heteroatoms. The molecule has 1 saturated carbocycles. The van der Waals surface area contributed by atoms with E-state index in [4.69, 9.17) is 0 Å². The molecule has 4 nitrogen and oxygen atoms in total. The number of halogens is 1. The van der Waals surface area contributed by atoms with E-state index in [0.29, 0.717) is 16.4 Å². The van der Waals surface area contributed by atoms with Crippen molar-refractivity contribution in [1.82, 2.24) is 5.32 Å². The third kappa shape index (κ3) is 2.90. The highest BCUT2D eigenvalue weighted by Crippen LogP contribution is 2.47. The van der Waals surface area contributed by atoms with Crippen LogP contribution in [0.3, 0.4) is 0 Å². The molecule has 2 rings (SSSR count). The summed E-state index contributed by atoms with van der Waals surface area (Å²) in [7, 11) is 0. The van der Waals surface area contributed by atoms with Gasteiger partial charge in [0.1, 0.15) is 0 Å². The summed E-state index contributed by atoms with van der Waals surface area (Å²) in [4.78, 5) is 10.5. The molecule has 0 radical (unpaired) electrons. The van der Waals surface area contributed by atoms with E-state index in [1.807, 2.05) is 6.07 Å². The number of nitrogens with one attached hydrogen (secondary N) is 1. The summed E-state index contributed by atoms with van der Waals surface area (Å²) < 4.78 is 0.587. The first-order valence-corrected chi connectivity index (χ1v) is 7.00. The Kier molecular flexibility index (Phi) is 4.02. The fraction of sp³-hybridized carbons (Fsp3) is 0.538. The quantitative estimate of drug-likeness (QED) is 0.644. The van der Waals surface area contributed by atoms with E-state index >= 15 is 0 Å². The van der Waals surface area contributed by atoms with Gasteiger partial charge in [-0.25, -0.2) is 0 Å². The van der Waals surface area contributed by atoms with Gasteiger partial charge in [0.15, 0.2) is 0 Å². The molecule has 18 heavy (non-hydrogen) atoms. The second kappa shape index (κ2) is 5.36. The first-order valence-electron chi connectivity index (χ1n) is 6.20. The largest absolute Gasteiger partial charge is 0.312 e. The normalized spacial score (nSPS) is 16.6. The molecule has 0 heterocycles. The number of hydrogen-bond acceptors (Lipinski definition) is 3. The highest BCUT2D eigenvalue weighted by atomic mass is 79.9. The summed E-state index contributed by atoms with van der Waals surface area (Å²) in [5.74, 6) is 0. The minimum atomic E-state index is -0.359. The molecular formula is C13H17BrN2O2. The Labute approximate surface area is 115 Å². The predicted octanol–water partition coefficient (Wildman–Crippen LogP) is 3.64. The van der Waals surface area contributed by atoms with Crippen molar-refractivity contribution >= 4 is 21.6 Å². The first kappa shape index (κ1) is 13.5. The number of benzene rings is 1. The lowest BCUT2D eigenvalue weighted by Gasteiger charge is -2.13. The number of rotatable bonds is 6. The van der Waals surface area contributed by atoms with Crippen molar-refractivity contribution in [2.75, 3.05) is 6.54 Å². The lowest BCUT2D eigenvalue weighted by molar-refractivity contribution is -0.385. The molecule has 1 aromatic carbocycles. The lowest BCUT2D eigenvalue weighted by Crippen LogP contribution is -2.23. The number of nitro groups is 1. The fourth-order valence-corrected chi connectivity index (χ4v) is 2.69. The van der Waals surface area contributed by atoms with Gasteiger partial charge in [-0.05, 0) is 46.2 Å². The molecule has 1 aliphatic rings. The molecular weight excluding hydrogens is 296 g/mol. The number of hydrogen-bond donors (Lipinski definition) is 1. The monoisotopic (exact) mass is 312 g/mol. The first-order chi connectivity index (χ1) is 8.58. The fourth-order valence-electron chi connectivity index (χ4n) is 2.14. The van der Waals surface area contributed by atoms with Crippen LogP contribution in [-0.2, 0) is 6.54 Å². The van der Waals surface area contributed by atoms with Crippen LogP contribution in [0.5, 0.6) is 0 Å². The summed E-state index contributed by atoms with van der Waals surface area (Å²) >= 11 is 3.31. The van der Waals surface area contributed by atoms with Gasteiger partial charge < -0.3 is 5.32 Å². The highest BCUT2D eigenvalue weighted by Gasteiger charge is 2.39. The van der Waals surface area contributed by atoms with Crippen molar-refractivity contribution in [1.29, 1.82) is 0 Å². The zero-order valence-corrected chi connectivity index (χ0v) is 12.0. The molecule has 0 spiro atoms. The van der Waals surface area contributed by atoms with E-state index in [9.17, 15) is 10.1 Å². The van der Waals surface area contributed by atoms with Crippen molar-refractivity contribution in [2.45, 2.75) is 32.7 Å². The van der Waals surface area contributed by atoms with E-state index in [0.717, 1.165) is 12.1 Å². The Balaban J connectivity index is 1.97. The second-order valence-electron chi connectivity index (χ2n) is 4.96. The Morgan fingerprint density at radius 1 is 1.50 bits per heavy atom. The van der Waals surface area contributed by atoms with Crippen LogP contribution in [0, 0.1) is 15.5 Å². The van der Waals surface area contributed by atoms with Crippen LogP contribution >= 0.6 is 15.9 Å². The SMILES string of the molecule is CCC1(CNCc2cccc([N+](=O)[O-])c2Br)CC1. The standard InChI is InChI=1S/C13H17BrN2O2/c1-2-13(6-7-13)9-15-8-10-4-3-5-11(12(10)14)16(17)18/h3-5,15H,2,6-9H2,1H3. The van der Waals surface area contributed by atoms with E-state index in [-0.39, 0.29) is 10.6 Å². The molecule has 1 N–H and O–H groups in total. The van der Waals surface area contributed by atoms with Crippen LogP contribution in [0.4, 0.5) is 5.69 Å². The average Bonchev–Trinajstić information content (AvgIpc) is 3.12. The maximum atomic E-state index is 10.8. The molecule has 0 aliphatic heterocycles. The minimum absolute atomic E-state index is 0.130. The molecule has 1 aromatic rings. The smallest absolute Gasteiger partial charge is 0.283 e. The Bertz CT molecular complexity index is 458. The van der Waals surface area contributed by atoms with Crippen LogP contribution in [0.15, 0.2) is 22.7 Å². The van der Waals surface area contributed by atoms with Gasteiger partial charge in [-0.2, -0.15) is 0 Å². The van der Waals surface area contributed by atoms with Gasteiger partial charge in [-0.3, -0.25) is 10.1 Å². The third-order valence-corrected chi connectivity index (χ3v) is 4.69. The maximum absolute atomic E-state index is 10.8. The Morgan fingerprint density at radius 2 is 2.22 bits per heavy atom. The van der Waals surface area contributed by atoms with Crippen molar-refractivity contribution in [3.8, 4) is 0 Å². The number of nitrogens with zero attached hydrogens (tertiary/aromatic N) is 1. The lowest BCUT2D eigenvalue weighted by atomic mass is 10.0. The van der Waals surface area contributed by atoms with Crippen LogP contribution in [0.1, 0.15) is 31.7 Å². The third-order valence-electron chi connectivity index (χ3n) is 3.78. The van der Waals surface area contributed by atoms with Gasteiger partial charge in [0.2, 0.25) is 0 Å². The summed E-state index contributed by atoms with van der Waals surface area (Å²) in [6, 6.07) is 5.16. The predicted molar refractivity (Wildman–Crippen MR) is 74.5 cm³/mol. The molecule has 0 amide bonds. The van der Waals surface area contributed by atoms with Gasteiger partial charge in [0, 0.05) is 19.2 Å². The molecule has 1 aliphatic carbocycles. The van der Waals surface area contributed by atoms with Gasteiger partial charge in [-0.1, -0.05) is 19.1 Å². The van der Waals surface area contributed by atoms with Crippen molar-refractivity contribution in [2.24, 2.45) is 5.41 Å². The van der Waals surface area contributed by atoms with Crippen molar-refractivity contribution in [3.05, 3.63) is 38.3 Å². The number of nitro benzene ring substituents is 1. The summed E-state index contributed by atoms with van der Waals surface area (Å²) in [6.07, 6.45) is 3.80. The van der Waals surface area contributed by atoms with Crippen molar-refractivity contribution < 1.29 is 4.92 Å². The molecule has 0 saturated heterocycles. The van der Waals surface area contributed by atoms with E-state index in [2.05, 4.69) is 28.2 Å². The Morgan fingerprint density at radius 3 is 2.78 bits per heavy atom. The van der Waals surface area contributed by atoms with E-state index in [1.165, 1.54) is 25.3 Å². The molecule has 0 unspecified atom stereocenters. The maximum Gasteiger partial charge on any atom is 0.283 e. The van der Waals surface area contributed by atoms with Gasteiger partial charge in [-0.15, -0.1) is 0 Å². The molecule has 1 fully saturated rings. The zero-order chi connectivity index (χ0) is 13.2. The van der Waals surface area contributed by atoms with Crippen LogP contribution in [0.2, 0.25) is 0 Å². The van der Waals surface area contributed by atoms with Crippen LogP contribution in [-0.4, -0.2) is 11.5 Å². The molecule has 98 valence electrons. The summed E-state index contributed by atoms with van der Waals surface area (Å²) in [6.45, 7) is 3.89. The summed E-state index contributed by atoms with van der Waals surface area (Å²) in [5.41, 5.74) is 1.56. The minimum Gasteiger partial charge on any atom is -0.312 e. The van der Waals surface area contributed by atoms with E-state index in [1.54, 1.807) is 6.07 Å². The van der Waals surface area contributed by atoms with Gasteiger partial charge in [0.25, 0.3) is 5.69 Å². The van der Waals surface area contributed by atoms with Gasteiger partial charge >= 0.3 is 0 Å². The van der Waals surface area contributed by atoms with E-state index < -0.39 is 0 Å². The molecule has 0 bridgehead atoms. The van der Waals surface area contributed by atoms with Crippen LogP contribution < -0.4 is 5.32 Å². The molecule has 0 atom stereocenters. The highest BCUT2D eigenvalue weighted by molar-refractivity contribution is 9.10. The van der Waals surface area contributed by atoms with Gasteiger partial charge in [0.05, 0.1) is 9.40 Å². The van der Waals surface area contributed by atoms with Crippen LogP contribution in [0.25, 0.3) is 0 Å². The Hall–Kier alpha value is -0.940.